The second-order valence-corrected chi connectivity index (χ2v) is 5.37. The Kier molecular flexibility index (Phi) is 3.08. The van der Waals surface area contributed by atoms with Crippen LogP contribution in [0.2, 0.25) is 0 Å². The van der Waals surface area contributed by atoms with Crippen molar-refractivity contribution >= 4 is 11.9 Å². The molecule has 0 aromatic rings. The van der Waals surface area contributed by atoms with Gasteiger partial charge in [-0.25, -0.2) is 0 Å². The Bertz CT molecular complexity index is 446. The van der Waals surface area contributed by atoms with Crippen LogP contribution in [-0.4, -0.2) is 50.1 Å². The standard InChI is InChI=1S/C13H20N4O2/c1-19-10-3-7-15-12(16-10)17-8-5-13(9-17)4-2-6-14-11(13)18/h3H,2,4-9H2,1H3,(H,14,18)(H,15,16). The van der Waals surface area contributed by atoms with Crippen molar-refractivity contribution in [3.63, 3.8) is 0 Å². The monoisotopic (exact) mass is 264 g/mol. The molecule has 0 saturated carbocycles. The molecule has 3 rings (SSSR count). The number of likely N-dealkylation sites (tertiary alicyclic amines) is 1. The molecule has 0 radical (unpaired) electrons. The number of rotatable bonds is 1. The number of hydrogen-bond acceptors (Lipinski definition) is 5. The lowest BCUT2D eigenvalue weighted by atomic mass is 9.79. The van der Waals surface area contributed by atoms with E-state index in [1.165, 1.54) is 0 Å². The summed E-state index contributed by atoms with van der Waals surface area (Å²) in [5.74, 6) is 1.68. The zero-order valence-electron chi connectivity index (χ0n) is 11.2. The number of carbonyl (C=O) groups is 1. The number of aliphatic imine (C=N–C) groups is 1. The molecule has 1 spiro atoms. The Morgan fingerprint density at radius 1 is 1.42 bits per heavy atom. The average Bonchev–Trinajstić information content (AvgIpc) is 2.88. The predicted molar refractivity (Wildman–Crippen MR) is 71.4 cm³/mol. The van der Waals surface area contributed by atoms with Gasteiger partial charge in [-0.15, -0.1) is 0 Å². The smallest absolute Gasteiger partial charge is 0.228 e. The van der Waals surface area contributed by atoms with Gasteiger partial charge < -0.3 is 20.3 Å². The van der Waals surface area contributed by atoms with Crippen LogP contribution in [0.1, 0.15) is 19.3 Å². The molecule has 1 atom stereocenters. The molecule has 6 heteroatoms. The van der Waals surface area contributed by atoms with E-state index in [1.54, 1.807) is 7.11 Å². The van der Waals surface area contributed by atoms with Crippen LogP contribution in [0.15, 0.2) is 17.0 Å². The summed E-state index contributed by atoms with van der Waals surface area (Å²) in [7, 11) is 1.62. The fourth-order valence-corrected chi connectivity index (χ4v) is 3.10. The molecule has 2 saturated heterocycles. The molecule has 104 valence electrons. The van der Waals surface area contributed by atoms with Crippen molar-refractivity contribution in [3.05, 3.63) is 12.0 Å². The largest absolute Gasteiger partial charge is 0.481 e. The Hall–Kier alpha value is -1.72. The number of ether oxygens (including phenoxy) is 1. The van der Waals surface area contributed by atoms with E-state index in [-0.39, 0.29) is 11.3 Å². The molecule has 3 aliphatic heterocycles. The normalized spacial score (nSPS) is 30.6. The first-order valence-electron chi connectivity index (χ1n) is 6.83. The van der Waals surface area contributed by atoms with Crippen molar-refractivity contribution in [1.29, 1.82) is 0 Å². The summed E-state index contributed by atoms with van der Waals surface area (Å²) < 4.78 is 5.17. The maximum absolute atomic E-state index is 12.1. The van der Waals surface area contributed by atoms with Gasteiger partial charge in [0.25, 0.3) is 0 Å². The molecule has 2 fully saturated rings. The number of amides is 1. The number of piperidine rings is 1. The minimum absolute atomic E-state index is 0.208. The van der Waals surface area contributed by atoms with Gasteiger partial charge in [0.1, 0.15) is 0 Å². The van der Waals surface area contributed by atoms with E-state index in [4.69, 9.17) is 4.74 Å². The topological polar surface area (TPSA) is 66.0 Å². The van der Waals surface area contributed by atoms with Crippen LogP contribution in [0.5, 0.6) is 0 Å². The van der Waals surface area contributed by atoms with Gasteiger partial charge in [-0.3, -0.25) is 4.79 Å². The van der Waals surface area contributed by atoms with Crippen molar-refractivity contribution in [1.82, 2.24) is 15.5 Å². The molecule has 0 aromatic heterocycles. The van der Waals surface area contributed by atoms with Gasteiger partial charge in [-0.2, -0.15) is 4.99 Å². The highest BCUT2D eigenvalue weighted by Crippen LogP contribution is 2.37. The summed E-state index contributed by atoms with van der Waals surface area (Å²) in [5, 5.41) is 6.25. The van der Waals surface area contributed by atoms with Crippen LogP contribution in [0.25, 0.3) is 0 Å². The van der Waals surface area contributed by atoms with Crippen molar-refractivity contribution < 1.29 is 9.53 Å². The maximum atomic E-state index is 12.1. The molecule has 0 bridgehead atoms. The number of carbonyl (C=O) groups excluding carboxylic acids is 1. The molecule has 6 nitrogen and oxygen atoms in total. The lowest BCUT2D eigenvalue weighted by Crippen LogP contribution is -2.49. The van der Waals surface area contributed by atoms with Crippen LogP contribution in [0.4, 0.5) is 0 Å². The van der Waals surface area contributed by atoms with E-state index >= 15 is 0 Å². The zero-order valence-corrected chi connectivity index (χ0v) is 11.2. The molecule has 19 heavy (non-hydrogen) atoms. The predicted octanol–water partition coefficient (Wildman–Crippen LogP) is 0.0355. The summed E-state index contributed by atoms with van der Waals surface area (Å²) in [6.45, 7) is 3.16. The van der Waals surface area contributed by atoms with Crippen LogP contribution in [0, 0.1) is 5.41 Å². The van der Waals surface area contributed by atoms with Gasteiger partial charge in [0.2, 0.25) is 17.7 Å². The van der Waals surface area contributed by atoms with Crippen molar-refractivity contribution in [2.45, 2.75) is 19.3 Å². The number of guanidine groups is 1. The molecule has 2 N–H and O–H groups in total. The molecule has 1 amide bonds. The lowest BCUT2D eigenvalue weighted by molar-refractivity contribution is -0.132. The van der Waals surface area contributed by atoms with Gasteiger partial charge in [-0.05, 0) is 25.3 Å². The molecule has 3 heterocycles. The number of methoxy groups -OCH3 is 1. The molecule has 0 aliphatic carbocycles. The zero-order chi connectivity index (χ0) is 13.3. The van der Waals surface area contributed by atoms with Gasteiger partial charge in [-0.1, -0.05) is 0 Å². The highest BCUT2D eigenvalue weighted by atomic mass is 16.5. The fourth-order valence-electron chi connectivity index (χ4n) is 3.10. The molecule has 1 unspecified atom stereocenters. The number of nitrogens with one attached hydrogen (secondary N) is 2. The first-order valence-corrected chi connectivity index (χ1v) is 6.83. The maximum Gasteiger partial charge on any atom is 0.228 e. The highest BCUT2D eigenvalue weighted by molar-refractivity contribution is 5.87. The van der Waals surface area contributed by atoms with E-state index in [0.717, 1.165) is 51.4 Å². The Labute approximate surface area is 112 Å². The third-order valence-electron chi connectivity index (χ3n) is 4.21. The Balaban J connectivity index is 1.74. The quantitative estimate of drug-likeness (QED) is 0.701. The minimum atomic E-state index is -0.211. The van der Waals surface area contributed by atoms with Crippen LogP contribution < -0.4 is 10.6 Å². The first kappa shape index (κ1) is 12.3. The van der Waals surface area contributed by atoms with E-state index in [1.807, 2.05) is 6.08 Å². The van der Waals surface area contributed by atoms with E-state index in [9.17, 15) is 4.79 Å². The second kappa shape index (κ2) is 4.75. The molecule has 0 aromatic carbocycles. The molecular weight excluding hydrogens is 244 g/mol. The third-order valence-corrected chi connectivity index (χ3v) is 4.21. The Morgan fingerprint density at radius 3 is 3.11 bits per heavy atom. The van der Waals surface area contributed by atoms with E-state index in [0.29, 0.717) is 5.88 Å². The average molecular weight is 264 g/mol. The summed E-state index contributed by atoms with van der Waals surface area (Å²) in [4.78, 5) is 18.7. The van der Waals surface area contributed by atoms with Crippen LogP contribution in [0.3, 0.4) is 0 Å². The lowest BCUT2D eigenvalue weighted by Gasteiger charge is -2.32. The van der Waals surface area contributed by atoms with Crippen molar-refractivity contribution in [2.24, 2.45) is 10.4 Å². The number of nitrogens with zero attached hydrogens (tertiary/aromatic N) is 2. The summed E-state index contributed by atoms with van der Waals surface area (Å²) in [6, 6.07) is 0. The summed E-state index contributed by atoms with van der Waals surface area (Å²) in [6.07, 6.45) is 4.87. The van der Waals surface area contributed by atoms with Gasteiger partial charge >= 0.3 is 0 Å². The SMILES string of the molecule is COC1=CCNC(N2CCC3(CCCNC3=O)C2)=N1. The van der Waals surface area contributed by atoms with E-state index < -0.39 is 0 Å². The van der Waals surface area contributed by atoms with E-state index in [2.05, 4.69) is 20.5 Å². The first-order chi connectivity index (χ1) is 9.23. The van der Waals surface area contributed by atoms with Crippen LogP contribution >= 0.6 is 0 Å². The van der Waals surface area contributed by atoms with Crippen molar-refractivity contribution in [2.75, 3.05) is 33.3 Å². The summed E-state index contributed by atoms with van der Waals surface area (Å²) >= 11 is 0. The van der Waals surface area contributed by atoms with Gasteiger partial charge in [0.05, 0.1) is 12.5 Å². The van der Waals surface area contributed by atoms with Gasteiger partial charge in [0, 0.05) is 26.2 Å². The second-order valence-electron chi connectivity index (χ2n) is 5.37. The van der Waals surface area contributed by atoms with Crippen molar-refractivity contribution in [3.8, 4) is 0 Å². The minimum Gasteiger partial charge on any atom is -0.481 e. The summed E-state index contributed by atoms with van der Waals surface area (Å²) in [5.41, 5.74) is -0.211. The van der Waals surface area contributed by atoms with Gasteiger partial charge in [0.15, 0.2) is 0 Å². The molecular formula is C13H20N4O2. The number of hydrogen-bond donors (Lipinski definition) is 2. The van der Waals surface area contributed by atoms with Crippen LogP contribution in [-0.2, 0) is 9.53 Å². The Morgan fingerprint density at radius 2 is 2.32 bits per heavy atom. The fraction of sp³-hybridized carbons (Fsp3) is 0.692. The highest BCUT2D eigenvalue weighted by Gasteiger charge is 2.46. The molecule has 3 aliphatic rings. The third kappa shape index (κ3) is 2.15.